The topological polar surface area (TPSA) is 9.72 Å². The molecule has 0 aliphatic rings. The summed E-state index contributed by atoms with van der Waals surface area (Å²) in [5.74, 6) is 0. The molecular formula is C141H103N3. The zero-order chi connectivity index (χ0) is 96.5. The highest BCUT2D eigenvalue weighted by atomic mass is 15.2. The third kappa shape index (κ3) is 18.5. The normalized spacial score (nSPS) is 11.3. The summed E-state index contributed by atoms with van der Waals surface area (Å²) in [5, 5.41) is 7.64. The molecule has 0 N–H and O–H groups in total. The molecule has 0 radical (unpaired) electrons. The fourth-order valence-electron chi connectivity index (χ4n) is 21.0. The first-order chi connectivity index (χ1) is 71.2. The van der Waals surface area contributed by atoms with Crippen molar-refractivity contribution in [1.82, 2.24) is 0 Å². The monoisotopic (exact) mass is 1840 g/mol. The van der Waals surface area contributed by atoms with Crippen LogP contribution in [0, 0.1) is 13.8 Å². The van der Waals surface area contributed by atoms with E-state index in [1.807, 2.05) is 0 Å². The molecule has 144 heavy (non-hydrogen) atoms. The maximum atomic E-state index is 2.42. The molecule has 24 rings (SSSR count). The summed E-state index contributed by atoms with van der Waals surface area (Å²) in [6.45, 7) is 4.37. The maximum absolute atomic E-state index is 2.42. The van der Waals surface area contributed by atoms with Gasteiger partial charge in [-0.3, -0.25) is 0 Å². The summed E-state index contributed by atoms with van der Waals surface area (Å²) in [7, 11) is 0. The Morgan fingerprint density at radius 3 is 0.722 bits per heavy atom. The van der Waals surface area contributed by atoms with E-state index in [0.717, 1.165) is 112 Å². The molecule has 0 fully saturated rings. The van der Waals surface area contributed by atoms with Crippen LogP contribution in [0.1, 0.15) is 33.4 Å². The third-order valence-electron chi connectivity index (χ3n) is 28.2. The number of benzene rings is 24. The van der Waals surface area contributed by atoms with E-state index in [0.29, 0.717) is 0 Å². The lowest BCUT2D eigenvalue weighted by atomic mass is 9.65. The molecule has 3 nitrogen and oxygen atoms in total. The number of aryl methyl sites for hydroxylation is 2. The lowest BCUT2D eigenvalue weighted by Gasteiger charge is -2.37. The van der Waals surface area contributed by atoms with Crippen LogP contribution in [0.2, 0.25) is 0 Å². The van der Waals surface area contributed by atoms with Gasteiger partial charge in [-0.05, 0) is 313 Å². The number of hydrogen-bond donors (Lipinski definition) is 0. The number of nitrogens with zero attached hydrogens (tertiary/aromatic N) is 3. The fourth-order valence-corrected chi connectivity index (χ4v) is 21.0. The van der Waals surface area contributed by atoms with Crippen molar-refractivity contribution in [2.45, 2.75) is 19.3 Å². The highest BCUT2D eigenvalue weighted by Crippen LogP contribution is 2.51. The molecule has 0 aromatic heterocycles. The van der Waals surface area contributed by atoms with Crippen LogP contribution in [0.4, 0.5) is 51.2 Å². The second kappa shape index (κ2) is 40.5. The van der Waals surface area contributed by atoms with Crippen LogP contribution < -0.4 is 14.7 Å². The highest BCUT2D eigenvalue weighted by molar-refractivity contribution is 6.18. The van der Waals surface area contributed by atoms with Crippen molar-refractivity contribution in [2.75, 3.05) is 14.7 Å². The number of fused-ring (bicyclic) bond motifs is 5. The van der Waals surface area contributed by atoms with E-state index < -0.39 is 5.41 Å². The lowest BCUT2D eigenvalue weighted by molar-refractivity contribution is 0.745. The van der Waals surface area contributed by atoms with Gasteiger partial charge in [-0.1, -0.05) is 467 Å². The van der Waals surface area contributed by atoms with E-state index in [9.17, 15) is 0 Å². The molecule has 0 saturated carbocycles. The van der Waals surface area contributed by atoms with Gasteiger partial charge in [0.2, 0.25) is 0 Å². The van der Waals surface area contributed by atoms with Gasteiger partial charge in [0.15, 0.2) is 0 Å². The molecule has 0 aliphatic heterocycles. The van der Waals surface area contributed by atoms with E-state index in [1.54, 1.807) is 0 Å². The molecule has 24 aromatic rings. The molecular weight excluding hydrogens is 1740 g/mol. The van der Waals surface area contributed by atoms with Gasteiger partial charge in [0.1, 0.15) is 0 Å². The Hall–Kier alpha value is -18.5. The minimum atomic E-state index is -0.754. The van der Waals surface area contributed by atoms with Crippen LogP contribution in [-0.2, 0) is 5.41 Å². The van der Waals surface area contributed by atoms with Crippen molar-refractivity contribution in [1.29, 1.82) is 0 Å². The summed E-state index contributed by atoms with van der Waals surface area (Å²) in [6.07, 6.45) is 0. The second-order valence-corrected chi connectivity index (χ2v) is 37.2. The van der Waals surface area contributed by atoms with Crippen molar-refractivity contribution in [3.05, 3.63) is 622 Å². The van der Waals surface area contributed by atoms with Gasteiger partial charge >= 0.3 is 0 Å². The summed E-state index contributed by atoms with van der Waals surface area (Å²) < 4.78 is 0. The minimum Gasteiger partial charge on any atom is -0.310 e. The molecule has 0 spiro atoms. The van der Waals surface area contributed by atoms with Crippen LogP contribution in [-0.4, -0.2) is 0 Å². The lowest BCUT2D eigenvalue weighted by Crippen LogP contribution is -2.31. The molecule has 0 saturated heterocycles. The molecule has 0 aliphatic carbocycles. The molecule has 0 unspecified atom stereocenters. The largest absolute Gasteiger partial charge is 0.310 e. The van der Waals surface area contributed by atoms with Gasteiger partial charge in [0, 0.05) is 51.2 Å². The van der Waals surface area contributed by atoms with Gasteiger partial charge in [-0.25, -0.2) is 0 Å². The van der Waals surface area contributed by atoms with Crippen molar-refractivity contribution < 1.29 is 0 Å². The smallest absolute Gasteiger partial charge is 0.0701 e. The van der Waals surface area contributed by atoms with Crippen LogP contribution >= 0.6 is 0 Å². The predicted molar refractivity (Wildman–Crippen MR) is 612 cm³/mol. The summed E-state index contributed by atoms with van der Waals surface area (Å²) in [4.78, 5) is 7.23. The average molecular weight is 1840 g/mol. The first-order valence-corrected chi connectivity index (χ1v) is 49.6. The van der Waals surface area contributed by atoms with Crippen molar-refractivity contribution in [2.24, 2.45) is 0 Å². The van der Waals surface area contributed by atoms with Crippen molar-refractivity contribution in [3.8, 4) is 111 Å². The summed E-state index contributed by atoms with van der Waals surface area (Å²) in [5.41, 5.74) is 39.6. The fraction of sp³-hybridized carbons (Fsp3) is 0.0213. The zero-order valence-corrected chi connectivity index (χ0v) is 80.3. The van der Waals surface area contributed by atoms with Crippen LogP contribution in [0.25, 0.3) is 144 Å². The Morgan fingerprint density at radius 2 is 0.368 bits per heavy atom. The molecule has 24 aromatic carbocycles. The third-order valence-corrected chi connectivity index (χ3v) is 28.2. The predicted octanol–water partition coefficient (Wildman–Crippen LogP) is 38.9. The average Bonchev–Trinajstić information content (AvgIpc) is 0.727. The van der Waals surface area contributed by atoms with E-state index >= 15 is 0 Å². The molecule has 0 atom stereocenters. The molecule has 0 bridgehead atoms. The van der Waals surface area contributed by atoms with Crippen LogP contribution in [0.3, 0.4) is 0 Å². The summed E-state index contributed by atoms with van der Waals surface area (Å²) >= 11 is 0. The Labute approximate surface area is 844 Å². The Kier molecular flexibility index (Phi) is 25.1. The van der Waals surface area contributed by atoms with Gasteiger partial charge in [0.25, 0.3) is 0 Å². The van der Waals surface area contributed by atoms with Crippen LogP contribution in [0.5, 0.6) is 0 Å². The second-order valence-electron chi connectivity index (χ2n) is 37.2. The van der Waals surface area contributed by atoms with Crippen molar-refractivity contribution in [3.63, 3.8) is 0 Å². The quantitative estimate of drug-likeness (QED) is 0.0467. The van der Waals surface area contributed by atoms with Gasteiger partial charge in [0.05, 0.1) is 5.41 Å². The SMILES string of the molecule is Cc1ccc(N(c2ccc(-c3ccc(-c4ccccc4)cc3)cc2)c2ccc3ccc4c5ccccc5ccc4c3c2)c(C)c1.c1ccc(-c2cccc(-c3cccc(N(c4ccc(C(c5ccccc5)(c5ccccc5)c5ccc(N(c6cccc(-c7cccc(-c8ccccc8)c7)c6)c6cccc(-c7cccc(-c8ccccc8)c7)c6)cc5)cc4)c4cccc(-c5cccc(-c6ccccc6)c5)c4)c3)c2)cc1. The highest BCUT2D eigenvalue weighted by Gasteiger charge is 2.39. The standard InChI is InChI=1S/C97H70N2.C44H33N/c1-7-27-71(28-8-1)75-35-19-39-79(63-75)83-43-23-51-93(67-83)98(94-52-24-44-84(68-94)80-40-20-36-76(64-80)72-29-9-2-10-30-72)91-59-55-89(56-60-91)97(87-47-15-5-16-48-87,88-49-17-6-18-50-88)90-57-61-92(62-58-90)99(95-53-25-45-85(69-95)81-41-21-37-77(65-81)73-31-11-3-12-32-73)96-54-26-46-86(70-96)82-42-22-38-78(66-82)74-33-13-4-14-34-74;1-30-12-27-44(31(2)28-30)45(38-22-17-35(18-23-38)34-15-13-33(14-16-34)32-8-4-3-5-9-32)39-24-19-37-21-25-41-40-11-7-6-10-36(40)20-26-42(41)43(37)29-39/h1-70H;3-29H,1-2H3. The maximum Gasteiger partial charge on any atom is 0.0701 e. The first kappa shape index (κ1) is 89.4. The van der Waals surface area contributed by atoms with Gasteiger partial charge < -0.3 is 14.7 Å². The number of hydrogen-bond acceptors (Lipinski definition) is 3. The minimum absolute atomic E-state index is 0.754. The van der Waals surface area contributed by atoms with E-state index in [2.05, 4.69) is 617 Å². The van der Waals surface area contributed by atoms with E-state index in [1.165, 1.54) is 116 Å². The molecule has 0 amide bonds. The Balaban J connectivity index is 0.000000212. The molecule has 682 valence electrons. The van der Waals surface area contributed by atoms with Crippen LogP contribution in [0.15, 0.2) is 588 Å². The van der Waals surface area contributed by atoms with Gasteiger partial charge in [-0.2, -0.15) is 0 Å². The van der Waals surface area contributed by atoms with Gasteiger partial charge in [-0.15, -0.1) is 0 Å². The Morgan fingerprint density at radius 1 is 0.132 bits per heavy atom. The molecule has 0 heterocycles. The molecule has 3 heteroatoms. The number of rotatable bonds is 23. The number of anilines is 9. The summed E-state index contributed by atoms with van der Waals surface area (Å²) in [6, 6.07) is 215. The van der Waals surface area contributed by atoms with Crippen molar-refractivity contribution >= 4 is 83.5 Å². The Bertz CT molecular complexity index is 8060. The van der Waals surface area contributed by atoms with E-state index in [4.69, 9.17) is 0 Å². The first-order valence-electron chi connectivity index (χ1n) is 49.6. The van der Waals surface area contributed by atoms with E-state index in [-0.39, 0.29) is 0 Å². The zero-order valence-electron chi connectivity index (χ0n) is 80.3.